The first-order valence-corrected chi connectivity index (χ1v) is 6.98. The van der Waals surface area contributed by atoms with Crippen molar-refractivity contribution in [1.82, 2.24) is 15.1 Å². The van der Waals surface area contributed by atoms with Crippen LogP contribution in [0.2, 0.25) is 0 Å². The van der Waals surface area contributed by atoms with E-state index in [9.17, 15) is 9.59 Å². The van der Waals surface area contributed by atoms with E-state index in [1.807, 2.05) is 14.0 Å². The van der Waals surface area contributed by atoms with Crippen molar-refractivity contribution in [3.63, 3.8) is 0 Å². The molecular weight excluding hydrogens is 246 g/mol. The van der Waals surface area contributed by atoms with Gasteiger partial charge < -0.3 is 20.2 Å². The molecule has 0 aromatic rings. The summed E-state index contributed by atoms with van der Waals surface area (Å²) in [5, 5.41) is 11.8. The fraction of sp³-hybridized carbons (Fsp3) is 0.846. The van der Waals surface area contributed by atoms with E-state index >= 15 is 0 Å². The minimum atomic E-state index is -0.835. The number of carbonyl (C=O) groups is 2. The summed E-state index contributed by atoms with van der Waals surface area (Å²) in [7, 11) is 2.04. The summed E-state index contributed by atoms with van der Waals surface area (Å²) in [6, 6.07) is -0.141. The van der Waals surface area contributed by atoms with Crippen molar-refractivity contribution in [1.29, 1.82) is 0 Å². The van der Waals surface area contributed by atoms with Gasteiger partial charge in [0.1, 0.15) is 0 Å². The summed E-state index contributed by atoms with van der Waals surface area (Å²) in [6.07, 6.45) is 2.36. The molecule has 2 N–H and O–H groups in total. The van der Waals surface area contributed by atoms with Crippen LogP contribution in [-0.4, -0.2) is 66.7 Å². The highest BCUT2D eigenvalue weighted by Gasteiger charge is 2.21. The molecule has 1 rings (SSSR count). The summed E-state index contributed by atoms with van der Waals surface area (Å²) < 4.78 is 0. The Balaban J connectivity index is 2.38. The maximum Gasteiger partial charge on any atom is 0.317 e. The molecule has 0 saturated carbocycles. The van der Waals surface area contributed by atoms with Crippen LogP contribution in [0.4, 0.5) is 4.79 Å². The SMILES string of the molecule is CCCC(CNC(=O)N1CCCN(C)CC1)C(=O)O. The molecule has 0 bridgehead atoms. The fourth-order valence-corrected chi connectivity index (χ4v) is 2.23. The smallest absolute Gasteiger partial charge is 0.317 e. The van der Waals surface area contributed by atoms with Crippen LogP contribution in [0.1, 0.15) is 26.2 Å². The molecule has 6 heteroatoms. The number of carboxylic acid groups (broad SMARTS) is 1. The topological polar surface area (TPSA) is 72.9 Å². The molecule has 0 aromatic heterocycles. The number of nitrogens with zero attached hydrogens (tertiary/aromatic N) is 2. The van der Waals surface area contributed by atoms with Gasteiger partial charge in [0.15, 0.2) is 0 Å². The van der Waals surface area contributed by atoms with Crippen molar-refractivity contribution in [3.05, 3.63) is 0 Å². The molecule has 1 heterocycles. The Morgan fingerprint density at radius 1 is 1.26 bits per heavy atom. The van der Waals surface area contributed by atoms with Gasteiger partial charge in [-0.25, -0.2) is 4.79 Å². The Morgan fingerprint density at radius 2 is 2.00 bits per heavy atom. The molecule has 0 spiro atoms. The van der Waals surface area contributed by atoms with Crippen LogP contribution in [-0.2, 0) is 4.79 Å². The molecule has 1 aliphatic rings. The van der Waals surface area contributed by atoms with Crippen LogP contribution in [0.15, 0.2) is 0 Å². The highest BCUT2D eigenvalue weighted by atomic mass is 16.4. The minimum absolute atomic E-state index is 0.141. The van der Waals surface area contributed by atoms with Gasteiger partial charge in [-0.2, -0.15) is 0 Å². The van der Waals surface area contributed by atoms with E-state index in [1.165, 1.54) is 0 Å². The van der Waals surface area contributed by atoms with Gasteiger partial charge in [-0.3, -0.25) is 4.79 Å². The maximum absolute atomic E-state index is 12.0. The number of aliphatic carboxylic acids is 1. The number of hydrogen-bond donors (Lipinski definition) is 2. The first-order valence-electron chi connectivity index (χ1n) is 6.98. The van der Waals surface area contributed by atoms with E-state index in [1.54, 1.807) is 4.90 Å². The molecule has 0 radical (unpaired) electrons. The number of nitrogens with one attached hydrogen (secondary N) is 1. The molecule has 1 saturated heterocycles. The van der Waals surface area contributed by atoms with Gasteiger partial charge in [0.05, 0.1) is 5.92 Å². The number of rotatable bonds is 5. The normalized spacial score (nSPS) is 18.7. The third-order valence-corrected chi connectivity index (χ3v) is 3.49. The number of amides is 2. The molecule has 1 aliphatic heterocycles. The molecule has 0 aliphatic carbocycles. The Morgan fingerprint density at radius 3 is 2.63 bits per heavy atom. The standard InChI is InChI=1S/C13H25N3O3/c1-3-5-11(12(17)18)10-14-13(19)16-7-4-6-15(2)8-9-16/h11H,3-10H2,1-2H3,(H,14,19)(H,17,18). The summed E-state index contributed by atoms with van der Waals surface area (Å²) >= 11 is 0. The zero-order chi connectivity index (χ0) is 14.3. The summed E-state index contributed by atoms with van der Waals surface area (Å²) in [4.78, 5) is 27.0. The zero-order valence-corrected chi connectivity index (χ0v) is 11.9. The maximum atomic E-state index is 12.0. The average molecular weight is 271 g/mol. The minimum Gasteiger partial charge on any atom is -0.481 e. The predicted molar refractivity (Wildman–Crippen MR) is 73.1 cm³/mol. The molecule has 1 fully saturated rings. The van der Waals surface area contributed by atoms with Crippen molar-refractivity contribution in [2.75, 3.05) is 39.8 Å². The molecule has 2 amide bonds. The van der Waals surface area contributed by atoms with Crippen LogP contribution < -0.4 is 5.32 Å². The van der Waals surface area contributed by atoms with Crippen molar-refractivity contribution >= 4 is 12.0 Å². The third kappa shape index (κ3) is 5.46. The quantitative estimate of drug-likeness (QED) is 0.777. The highest BCUT2D eigenvalue weighted by Crippen LogP contribution is 2.06. The molecule has 1 atom stereocenters. The Bertz CT molecular complexity index is 310. The largest absolute Gasteiger partial charge is 0.481 e. The fourth-order valence-electron chi connectivity index (χ4n) is 2.23. The molecule has 6 nitrogen and oxygen atoms in total. The summed E-state index contributed by atoms with van der Waals surface area (Å²) in [6.45, 7) is 5.47. The molecule has 0 aromatic carbocycles. The lowest BCUT2D eigenvalue weighted by Gasteiger charge is -2.22. The first-order chi connectivity index (χ1) is 9.04. The molecule has 1 unspecified atom stereocenters. The van der Waals surface area contributed by atoms with Crippen LogP contribution in [0.5, 0.6) is 0 Å². The van der Waals surface area contributed by atoms with Crippen molar-refractivity contribution < 1.29 is 14.7 Å². The average Bonchev–Trinajstić information content (AvgIpc) is 2.58. The van der Waals surface area contributed by atoms with Gasteiger partial charge in [-0.05, 0) is 26.4 Å². The molecule has 110 valence electrons. The van der Waals surface area contributed by atoms with Gasteiger partial charge in [0, 0.05) is 26.2 Å². The number of carboxylic acids is 1. The van der Waals surface area contributed by atoms with E-state index < -0.39 is 11.9 Å². The van der Waals surface area contributed by atoms with Gasteiger partial charge in [-0.15, -0.1) is 0 Å². The zero-order valence-electron chi connectivity index (χ0n) is 11.9. The lowest BCUT2D eigenvalue weighted by molar-refractivity contribution is -0.141. The van der Waals surface area contributed by atoms with Gasteiger partial charge in [0.25, 0.3) is 0 Å². The first kappa shape index (κ1) is 15.8. The van der Waals surface area contributed by atoms with E-state index in [-0.39, 0.29) is 12.6 Å². The Kier molecular flexibility index (Phi) is 6.62. The monoisotopic (exact) mass is 271 g/mol. The second-order valence-corrected chi connectivity index (χ2v) is 5.15. The lowest BCUT2D eigenvalue weighted by Crippen LogP contribution is -2.44. The van der Waals surface area contributed by atoms with E-state index in [0.717, 1.165) is 32.5 Å². The van der Waals surface area contributed by atoms with Crippen molar-refractivity contribution in [3.8, 4) is 0 Å². The number of urea groups is 1. The second-order valence-electron chi connectivity index (χ2n) is 5.15. The van der Waals surface area contributed by atoms with Crippen LogP contribution in [0.25, 0.3) is 0 Å². The predicted octanol–water partition coefficient (Wildman–Crippen LogP) is 0.834. The molecular formula is C13H25N3O3. The second kappa shape index (κ2) is 7.99. The molecule has 19 heavy (non-hydrogen) atoms. The number of carbonyl (C=O) groups excluding carboxylic acids is 1. The third-order valence-electron chi connectivity index (χ3n) is 3.49. The van der Waals surface area contributed by atoms with Crippen LogP contribution in [0, 0.1) is 5.92 Å². The van der Waals surface area contributed by atoms with E-state index in [4.69, 9.17) is 5.11 Å². The van der Waals surface area contributed by atoms with Crippen molar-refractivity contribution in [2.24, 2.45) is 5.92 Å². The lowest BCUT2D eigenvalue weighted by atomic mass is 10.0. The van der Waals surface area contributed by atoms with E-state index in [0.29, 0.717) is 13.0 Å². The number of hydrogen-bond acceptors (Lipinski definition) is 3. The van der Waals surface area contributed by atoms with Gasteiger partial charge >= 0.3 is 12.0 Å². The number of likely N-dealkylation sites (N-methyl/N-ethyl adjacent to an activating group) is 1. The van der Waals surface area contributed by atoms with Gasteiger partial charge in [-0.1, -0.05) is 13.3 Å². The van der Waals surface area contributed by atoms with Gasteiger partial charge in [0.2, 0.25) is 0 Å². The highest BCUT2D eigenvalue weighted by molar-refractivity contribution is 5.76. The Hall–Kier alpha value is -1.30. The van der Waals surface area contributed by atoms with Crippen molar-refractivity contribution in [2.45, 2.75) is 26.2 Å². The van der Waals surface area contributed by atoms with Crippen LogP contribution >= 0.6 is 0 Å². The van der Waals surface area contributed by atoms with Crippen LogP contribution in [0.3, 0.4) is 0 Å². The summed E-state index contributed by atoms with van der Waals surface area (Å²) in [5.74, 6) is -1.32. The Labute approximate surface area is 114 Å². The summed E-state index contributed by atoms with van der Waals surface area (Å²) in [5.41, 5.74) is 0. The van der Waals surface area contributed by atoms with E-state index in [2.05, 4.69) is 10.2 Å².